The molecule has 0 aliphatic heterocycles. The second-order valence-corrected chi connectivity index (χ2v) is 8.51. The van der Waals surface area contributed by atoms with E-state index < -0.39 is 11.8 Å². The van der Waals surface area contributed by atoms with E-state index in [9.17, 15) is 14.4 Å². The third kappa shape index (κ3) is 5.55. The zero-order valence-corrected chi connectivity index (χ0v) is 18.1. The van der Waals surface area contributed by atoms with Crippen molar-refractivity contribution in [1.29, 1.82) is 0 Å². The summed E-state index contributed by atoms with van der Waals surface area (Å²) in [6, 6.07) is 11.7. The van der Waals surface area contributed by atoms with E-state index >= 15 is 0 Å². The summed E-state index contributed by atoms with van der Waals surface area (Å²) in [6.45, 7) is -0.295. The molecule has 0 bridgehead atoms. The van der Waals surface area contributed by atoms with Gasteiger partial charge in [-0.2, -0.15) is 0 Å². The van der Waals surface area contributed by atoms with Crippen LogP contribution in [0.3, 0.4) is 0 Å². The van der Waals surface area contributed by atoms with Crippen LogP contribution in [0.15, 0.2) is 53.1 Å². The number of amides is 3. The quantitative estimate of drug-likeness (QED) is 0.389. The maximum absolute atomic E-state index is 12.4. The number of nitrogens with one attached hydrogen (secondary N) is 3. The van der Waals surface area contributed by atoms with Gasteiger partial charge in [0.05, 0.1) is 11.1 Å². The van der Waals surface area contributed by atoms with Crippen molar-refractivity contribution in [2.45, 2.75) is 32.1 Å². The van der Waals surface area contributed by atoms with Crippen molar-refractivity contribution in [1.82, 2.24) is 10.9 Å². The number of carbonyl (C=O) groups excluding carboxylic acids is 3. The first kappa shape index (κ1) is 21.6. The van der Waals surface area contributed by atoms with E-state index in [1.807, 2.05) is 6.07 Å². The second-order valence-electron chi connectivity index (χ2n) is 7.37. The van der Waals surface area contributed by atoms with Gasteiger partial charge in [-0.1, -0.05) is 12.5 Å². The molecule has 1 aliphatic rings. The summed E-state index contributed by atoms with van der Waals surface area (Å²) in [4.78, 5) is 38.4. The molecular weight excluding hydrogens is 430 g/mol. The van der Waals surface area contributed by atoms with Gasteiger partial charge in [-0.15, -0.1) is 11.3 Å². The second kappa shape index (κ2) is 10.1. The lowest BCUT2D eigenvalue weighted by Crippen LogP contribution is -2.43. The number of anilines is 1. The van der Waals surface area contributed by atoms with Crippen molar-refractivity contribution < 1.29 is 23.5 Å². The number of carbonyl (C=O) groups is 3. The third-order valence-corrected chi connectivity index (χ3v) is 6.23. The van der Waals surface area contributed by atoms with Gasteiger partial charge in [0, 0.05) is 16.6 Å². The monoisotopic (exact) mass is 453 g/mol. The van der Waals surface area contributed by atoms with E-state index in [0.29, 0.717) is 16.3 Å². The fraction of sp³-hybridized carbons (Fsp3) is 0.261. The summed E-state index contributed by atoms with van der Waals surface area (Å²) in [5.41, 5.74) is 6.55. The van der Waals surface area contributed by atoms with E-state index in [2.05, 4.69) is 16.2 Å². The number of ether oxygens (including phenoxy) is 1. The molecule has 8 nitrogen and oxygen atoms in total. The fourth-order valence-corrected chi connectivity index (χ4v) is 4.57. The largest absolute Gasteiger partial charge is 0.484 e. The Morgan fingerprint density at radius 3 is 2.69 bits per heavy atom. The lowest BCUT2D eigenvalue weighted by Gasteiger charge is -2.09. The molecule has 3 aromatic rings. The molecule has 2 heterocycles. The molecule has 1 aliphatic carbocycles. The molecule has 0 unspecified atom stereocenters. The molecule has 2 aromatic heterocycles. The standard InChI is InChI=1S/C23H23N3O5S/c27-21(25-26-23(29)20-12-15-6-2-1-3-10-19(15)32-20)14-31-17-8-4-7-16(13-17)24-22(28)18-9-5-11-30-18/h4-5,7-9,11-13H,1-3,6,10,14H2,(H,24,28)(H,25,27)(H,26,29). The summed E-state index contributed by atoms with van der Waals surface area (Å²) in [5, 5.41) is 2.69. The molecule has 0 radical (unpaired) electrons. The van der Waals surface area contributed by atoms with Crippen LogP contribution in [-0.4, -0.2) is 24.3 Å². The highest BCUT2D eigenvalue weighted by Gasteiger charge is 2.17. The fourth-order valence-electron chi connectivity index (χ4n) is 3.42. The number of hydrogen-bond donors (Lipinski definition) is 3. The van der Waals surface area contributed by atoms with Crippen LogP contribution in [0.5, 0.6) is 5.75 Å². The first-order valence-corrected chi connectivity index (χ1v) is 11.2. The van der Waals surface area contributed by atoms with Gasteiger partial charge in [-0.3, -0.25) is 25.2 Å². The van der Waals surface area contributed by atoms with Gasteiger partial charge in [0.2, 0.25) is 0 Å². The SMILES string of the molecule is O=C(COc1cccc(NC(=O)c2ccco2)c1)NNC(=O)c1cc2c(s1)CCCCC2. The highest BCUT2D eigenvalue weighted by molar-refractivity contribution is 7.14. The predicted molar refractivity (Wildman–Crippen MR) is 120 cm³/mol. The van der Waals surface area contributed by atoms with Crippen molar-refractivity contribution in [3.8, 4) is 5.75 Å². The van der Waals surface area contributed by atoms with Gasteiger partial charge in [-0.05, 0) is 61.6 Å². The van der Waals surface area contributed by atoms with Crippen LogP contribution in [0.4, 0.5) is 5.69 Å². The number of benzene rings is 1. The van der Waals surface area contributed by atoms with Crippen LogP contribution < -0.4 is 20.9 Å². The zero-order valence-electron chi connectivity index (χ0n) is 17.3. The maximum atomic E-state index is 12.4. The number of furan rings is 1. The Morgan fingerprint density at radius 2 is 1.84 bits per heavy atom. The molecular formula is C23H23N3O5S. The number of rotatable bonds is 6. The molecule has 32 heavy (non-hydrogen) atoms. The van der Waals surface area contributed by atoms with E-state index in [4.69, 9.17) is 9.15 Å². The molecule has 0 fully saturated rings. The molecule has 1 aromatic carbocycles. The highest BCUT2D eigenvalue weighted by Crippen LogP contribution is 2.28. The summed E-state index contributed by atoms with van der Waals surface area (Å²) in [5.74, 6) is -0.640. The van der Waals surface area contributed by atoms with Gasteiger partial charge in [0.1, 0.15) is 5.75 Å². The average Bonchev–Trinajstić information content (AvgIpc) is 3.43. The van der Waals surface area contributed by atoms with Crippen LogP contribution in [0.1, 0.15) is 49.9 Å². The molecule has 4 rings (SSSR count). The van der Waals surface area contributed by atoms with Gasteiger partial charge < -0.3 is 14.5 Å². The topological polar surface area (TPSA) is 110 Å². The van der Waals surface area contributed by atoms with Gasteiger partial charge >= 0.3 is 0 Å². The van der Waals surface area contributed by atoms with Crippen LogP contribution in [0.2, 0.25) is 0 Å². The lowest BCUT2D eigenvalue weighted by molar-refractivity contribution is -0.123. The summed E-state index contributed by atoms with van der Waals surface area (Å²) >= 11 is 1.49. The Labute approximate surface area is 188 Å². The number of thiophene rings is 1. The molecule has 9 heteroatoms. The van der Waals surface area contributed by atoms with Crippen molar-refractivity contribution in [2.75, 3.05) is 11.9 Å². The Bertz CT molecular complexity index is 1080. The number of hydrogen-bond acceptors (Lipinski definition) is 6. The van der Waals surface area contributed by atoms with Crippen molar-refractivity contribution in [3.63, 3.8) is 0 Å². The Morgan fingerprint density at radius 1 is 0.969 bits per heavy atom. The zero-order chi connectivity index (χ0) is 22.3. The maximum Gasteiger partial charge on any atom is 0.291 e. The predicted octanol–water partition coefficient (Wildman–Crippen LogP) is 3.70. The number of hydrazine groups is 1. The minimum atomic E-state index is -0.499. The minimum Gasteiger partial charge on any atom is -0.484 e. The first-order chi connectivity index (χ1) is 15.6. The average molecular weight is 454 g/mol. The van der Waals surface area contributed by atoms with Gasteiger partial charge in [-0.25, -0.2) is 0 Å². The minimum absolute atomic E-state index is 0.189. The summed E-state index contributed by atoms with van der Waals surface area (Å²) in [7, 11) is 0. The van der Waals surface area contributed by atoms with E-state index in [-0.39, 0.29) is 18.3 Å². The Kier molecular flexibility index (Phi) is 6.86. The Balaban J connectivity index is 1.24. The van der Waals surface area contributed by atoms with Crippen LogP contribution in [0.25, 0.3) is 0 Å². The van der Waals surface area contributed by atoms with Crippen LogP contribution in [-0.2, 0) is 17.6 Å². The number of aryl methyl sites for hydroxylation is 2. The third-order valence-electron chi connectivity index (χ3n) is 4.99. The number of fused-ring (bicyclic) bond motifs is 1. The molecule has 166 valence electrons. The smallest absolute Gasteiger partial charge is 0.291 e. The van der Waals surface area contributed by atoms with Crippen LogP contribution in [0, 0.1) is 0 Å². The molecule has 0 saturated heterocycles. The summed E-state index contributed by atoms with van der Waals surface area (Å²) < 4.78 is 10.5. The van der Waals surface area contributed by atoms with Crippen molar-refractivity contribution in [3.05, 3.63) is 69.8 Å². The van der Waals surface area contributed by atoms with Crippen LogP contribution >= 0.6 is 11.3 Å². The van der Waals surface area contributed by atoms with E-state index in [0.717, 1.165) is 25.7 Å². The molecule has 3 N–H and O–H groups in total. The lowest BCUT2D eigenvalue weighted by atomic mass is 10.1. The first-order valence-electron chi connectivity index (χ1n) is 10.4. The normalized spacial score (nSPS) is 12.9. The van der Waals surface area contributed by atoms with Gasteiger partial charge in [0.25, 0.3) is 17.7 Å². The van der Waals surface area contributed by atoms with Gasteiger partial charge in [0.15, 0.2) is 12.4 Å². The molecule has 3 amide bonds. The summed E-state index contributed by atoms with van der Waals surface area (Å²) in [6.07, 6.45) is 6.94. The van der Waals surface area contributed by atoms with Crippen molar-refractivity contribution in [2.24, 2.45) is 0 Å². The Hall–Kier alpha value is -3.59. The molecule has 0 saturated carbocycles. The highest BCUT2D eigenvalue weighted by atomic mass is 32.1. The van der Waals surface area contributed by atoms with Crippen molar-refractivity contribution >= 4 is 34.7 Å². The molecule has 0 spiro atoms. The molecule has 0 atom stereocenters. The van der Waals surface area contributed by atoms with E-state index in [1.54, 1.807) is 36.4 Å². The van der Waals surface area contributed by atoms with E-state index in [1.165, 1.54) is 34.5 Å².